The molecule has 0 amide bonds. The van der Waals surface area contributed by atoms with E-state index in [-0.39, 0.29) is 0 Å². The van der Waals surface area contributed by atoms with Crippen LogP contribution in [0.4, 0.5) is 0 Å². The quantitative estimate of drug-likeness (QED) is 0.186. The first-order chi connectivity index (χ1) is 25.6. The Balaban J connectivity index is 1.37. The largest absolute Gasteiger partial charge is 0.290 e. The van der Waals surface area contributed by atoms with Crippen LogP contribution < -0.4 is 0 Å². The molecule has 0 aliphatic heterocycles. The molecule has 0 spiro atoms. The third kappa shape index (κ3) is 4.13. The number of benzene rings is 8. The van der Waals surface area contributed by atoms with Crippen LogP contribution >= 0.6 is 11.3 Å². The van der Waals surface area contributed by atoms with Gasteiger partial charge in [0.25, 0.3) is 0 Å². The lowest BCUT2D eigenvalue weighted by Gasteiger charge is -2.18. The minimum atomic E-state index is 0.844. The fourth-order valence-corrected chi connectivity index (χ4v) is 9.74. The monoisotopic (exact) mass is 681 g/mol. The number of thiophene rings is 1. The Morgan fingerprint density at radius 3 is 1.90 bits per heavy atom. The average Bonchev–Trinajstić information content (AvgIpc) is 3.73. The number of para-hydroxylation sites is 1. The van der Waals surface area contributed by atoms with Crippen molar-refractivity contribution in [2.45, 2.75) is 13.8 Å². The Labute approximate surface area is 304 Å². The van der Waals surface area contributed by atoms with Gasteiger partial charge in [-0.25, -0.2) is 9.97 Å². The molecule has 52 heavy (non-hydrogen) atoms. The topological polar surface area (TPSA) is 30.7 Å². The van der Waals surface area contributed by atoms with Gasteiger partial charge in [0.2, 0.25) is 0 Å². The van der Waals surface area contributed by atoms with Crippen LogP contribution in [0.25, 0.3) is 103 Å². The normalized spacial score (nSPS) is 12.0. The van der Waals surface area contributed by atoms with Crippen LogP contribution in [0.1, 0.15) is 11.3 Å². The Morgan fingerprint density at radius 2 is 1.10 bits per heavy atom. The van der Waals surface area contributed by atoms with Crippen LogP contribution in [0.2, 0.25) is 0 Å². The number of hydrogen-bond acceptors (Lipinski definition) is 3. The summed E-state index contributed by atoms with van der Waals surface area (Å²) >= 11 is 1.89. The molecule has 0 radical (unpaired) electrons. The van der Waals surface area contributed by atoms with Crippen molar-refractivity contribution in [1.82, 2.24) is 14.5 Å². The molecule has 3 nitrogen and oxygen atoms in total. The highest BCUT2D eigenvalue weighted by Crippen LogP contribution is 2.49. The summed E-state index contributed by atoms with van der Waals surface area (Å²) < 4.78 is 4.98. The van der Waals surface area contributed by atoms with Gasteiger partial charge in [0, 0.05) is 37.4 Å². The van der Waals surface area contributed by atoms with Crippen molar-refractivity contribution in [1.29, 1.82) is 0 Å². The van der Waals surface area contributed by atoms with Gasteiger partial charge in [-0.1, -0.05) is 133 Å². The zero-order valence-corrected chi connectivity index (χ0v) is 29.5. The molecule has 4 heteroatoms. The van der Waals surface area contributed by atoms with E-state index in [1.165, 1.54) is 69.0 Å². The van der Waals surface area contributed by atoms with Gasteiger partial charge < -0.3 is 0 Å². The van der Waals surface area contributed by atoms with Gasteiger partial charge >= 0.3 is 0 Å². The fourth-order valence-electron chi connectivity index (χ4n) is 8.45. The van der Waals surface area contributed by atoms with Crippen LogP contribution in [-0.4, -0.2) is 14.5 Å². The molecule has 3 aromatic heterocycles. The van der Waals surface area contributed by atoms with Gasteiger partial charge in [0.05, 0.1) is 27.1 Å². The van der Waals surface area contributed by atoms with Crippen molar-refractivity contribution < 1.29 is 0 Å². The highest BCUT2D eigenvalue weighted by molar-refractivity contribution is 7.27. The molecule has 244 valence electrons. The molecule has 0 bridgehead atoms. The number of nitrogens with zero attached hydrogens (tertiary/aromatic N) is 3. The van der Waals surface area contributed by atoms with Crippen molar-refractivity contribution in [3.8, 4) is 28.3 Å². The molecular weight excluding hydrogens is 651 g/mol. The summed E-state index contributed by atoms with van der Waals surface area (Å²) in [5, 5.41) is 12.4. The van der Waals surface area contributed by atoms with Crippen LogP contribution in [-0.2, 0) is 0 Å². The first-order valence-corrected chi connectivity index (χ1v) is 18.6. The molecule has 0 unspecified atom stereocenters. The summed E-state index contributed by atoms with van der Waals surface area (Å²) in [7, 11) is 0. The summed E-state index contributed by atoms with van der Waals surface area (Å²) in [6.45, 7) is 4.26. The summed E-state index contributed by atoms with van der Waals surface area (Å²) in [4.78, 5) is 11.2. The van der Waals surface area contributed by atoms with Gasteiger partial charge in [0.1, 0.15) is 5.69 Å². The summed E-state index contributed by atoms with van der Waals surface area (Å²) in [5.74, 6) is 0.844. The third-order valence-electron chi connectivity index (χ3n) is 10.8. The predicted molar refractivity (Wildman–Crippen MR) is 222 cm³/mol. The van der Waals surface area contributed by atoms with Gasteiger partial charge in [-0.2, -0.15) is 0 Å². The van der Waals surface area contributed by atoms with Crippen molar-refractivity contribution in [2.24, 2.45) is 0 Å². The van der Waals surface area contributed by atoms with E-state index >= 15 is 0 Å². The van der Waals surface area contributed by atoms with Crippen molar-refractivity contribution in [3.05, 3.63) is 163 Å². The lowest BCUT2D eigenvalue weighted by atomic mass is 9.98. The van der Waals surface area contributed by atoms with E-state index in [1.54, 1.807) is 0 Å². The number of aryl methyl sites for hydroxylation is 2. The molecule has 11 rings (SSSR count). The SMILES string of the molecule is Cc1ccccc1-c1nc(-c2cccc3ccccc23)c(-n2c3ccccc3c3c4ccccc4c4c5cc6ccccc6cc5sc4c32)nc1C. The zero-order valence-electron chi connectivity index (χ0n) is 28.7. The van der Waals surface area contributed by atoms with Crippen LogP contribution in [0, 0.1) is 13.8 Å². The maximum atomic E-state index is 5.64. The minimum Gasteiger partial charge on any atom is -0.290 e. The van der Waals surface area contributed by atoms with E-state index in [4.69, 9.17) is 9.97 Å². The fraction of sp³-hybridized carbons (Fsp3) is 0.0417. The number of aromatic nitrogens is 3. The average molecular weight is 682 g/mol. The molecule has 0 aliphatic rings. The van der Waals surface area contributed by atoms with Crippen molar-refractivity contribution in [2.75, 3.05) is 0 Å². The van der Waals surface area contributed by atoms with Crippen LogP contribution in [0.5, 0.6) is 0 Å². The second kappa shape index (κ2) is 11.1. The molecular formula is C48H31N3S. The molecule has 0 N–H and O–H groups in total. The molecule has 11 aromatic rings. The summed E-state index contributed by atoms with van der Waals surface area (Å²) in [6, 6.07) is 54.9. The molecule has 3 heterocycles. The first-order valence-electron chi connectivity index (χ1n) is 17.8. The molecule has 0 saturated heterocycles. The smallest absolute Gasteiger partial charge is 0.164 e. The molecule has 8 aromatic carbocycles. The lowest BCUT2D eigenvalue weighted by molar-refractivity contribution is 1.02. The predicted octanol–water partition coefficient (Wildman–Crippen LogP) is 13.4. The van der Waals surface area contributed by atoms with Crippen LogP contribution in [0.3, 0.4) is 0 Å². The Kier molecular flexibility index (Phi) is 6.25. The van der Waals surface area contributed by atoms with E-state index in [0.717, 1.165) is 44.9 Å². The van der Waals surface area contributed by atoms with Gasteiger partial charge in [-0.05, 0) is 69.9 Å². The zero-order chi connectivity index (χ0) is 34.5. The van der Waals surface area contributed by atoms with E-state index in [2.05, 4.69) is 170 Å². The Hall–Kier alpha value is -6.36. The molecule has 0 aliphatic carbocycles. The van der Waals surface area contributed by atoms with Gasteiger partial charge in [-0.3, -0.25) is 4.57 Å². The van der Waals surface area contributed by atoms with Gasteiger partial charge in [0.15, 0.2) is 5.82 Å². The molecule has 0 atom stereocenters. The van der Waals surface area contributed by atoms with Gasteiger partial charge in [-0.15, -0.1) is 11.3 Å². The maximum absolute atomic E-state index is 5.64. The highest BCUT2D eigenvalue weighted by Gasteiger charge is 2.26. The van der Waals surface area contributed by atoms with E-state index in [0.29, 0.717) is 0 Å². The Bertz CT molecular complexity index is 3270. The molecule has 0 saturated carbocycles. The minimum absolute atomic E-state index is 0.844. The van der Waals surface area contributed by atoms with E-state index < -0.39 is 0 Å². The lowest BCUT2D eigenvalue weighted by Crippen LogP contribution is -2.07. The highest BCUT2D eigenvalue weighted by atomic mass is 32.1. The van der Waals surface area contributed by atoms with E-state index in [1.807, 2.05) is 11.3 Å². The molecule has 0 fully saturated rings. The summed E-state index contributed by atoms with van der Waals surface area (Å²) in [5.41, 5.74) is 8.34. The second-order valence-corrected chi connectivity index (χ2v) is 14.8. The third-order valence-corrected chi connectivity index (χ3v) is 12.0. The second-order valence-electron chi connectivity index (χ2n) is 13.8. The van der Waals surface area contributed by atoms with Crippen molar-refractivity contribution >= 4 is 85.6 Å². The number of hydrogen-bond donors (Lipinski definition) is 0. The number of fused-ring (bicyclic) bond motifs is 12. The van der Waals surface area contributed by atoms with E-state index in [9.17, 15) is 0 Å². The maximum Gasteiger partial charge on any atom is 0.164 e. The standard InChI is InChI=1S/C48H31N3S/c1-28-14-3-7-19-33(28)44-29(2)49-48(45(50-44)37-24-13-18-30-15-6-8-20-34(30)37)51-40-25-12-11-23-38(40)42-35-21-9-10-22-36(35)43-39-26-31-16-4-5-17-32(31)27-41(39)52-47(43)46(42)51/h3-27H,1-2H3. The van der Waals surface area contributed by atoms with Crippen LogP contribution in [0.15, 0.2) is 152 Å². The number of rotatable bonds is 3. The first kappa shape index (κ1) is 29.4. The summed E-state index contributed by atoms with van der Waals surface area (Å²) in [6.07, 6.45) is 0. The Morgan fingerprint density at radius 1 is 0.481 bits per heavy atom. The van der Waals surface area contributed by atoms with Crippen molar-refractivity contribution in [3.63, 3.8) is 0 Å².